The number of rotatable bonds is 3. The van der Waals surface area contributed by atoms with E-state index in [0.29, 0.717) is 0 Å². The van der Waals surface area contributed by atoms with E-state index in [0.717, 1.165) is 38.2 Å². The van der Waals surface area contributed by atoms with Gasteiger partial charge in [0.1, 0.15) is 0 Å². The van der Waals surface area contributed by atoms with Gasteiger partial charge in [-0.1, -0.05) is 6.42 Å². The first-order valence-corrected chi connectivity index (χ1v) is 5.15. The molecule has 2 aliphatic carbocycles. The highest BCUT2D eigenvalue weighted by Gasteiger charge is 2.32. The summed E-state index contributed by atoms with van der Waals surface area (Å²) in [5, 5.41) is 9.93. The SMILES string of the molecule is OC1(OCC2CC2)CCCCC1. The average molecular weight is 170 g/mol. The van der Waals surface area contributed by atoms with E-state index in [1.54, 1.807) is 0 Å². The van der Waals surface area contributed by atoms with Crippen LogP contribution in [0.4, 0.5) is 0 Å². The first kappa shape index (κ1) is 8.52. The highest BCUT2D eigenvalue weighted by molar-refractivity contribution is 4.77. The van der Waals surface area contributed by atoms with Gasteiger partial charge in [0.05, 0.1) is 6.61 Å². The van der Waals surface area contributed by atoms with E-state index in [2.05, 4.69) is 0 Å². The lowest BCUT2D eigenvalue weighted by Gasteiger charge is -2.31. The second-order valence-electron chi connectivity index (χ2n) is 4.26. The molecular formula is C10H18O2. The summed E-state index contributed by atoms with van der Waals surface area (Å²) in [7, 11) is 0. The van der Waals surface area contributed by atoms with Crippen LogP contribution in [0.3, 0.4) is 0 Å². The van der Waals surface area contributed by atoms with Gasteiger partial charge in [-0.3, -0.25) is 0 Å². The van der Waals surface area contributed by atoms with Crippen LogP contribution in [0, 0.1) is 5.92 Å². The van der Waals surface area contributed by atoms with Crippen molar-refractivity contribution in [3.05, 3.63) is 0 Å². The summed E-state index contributed by atoms with van der Waals surface area (Å²) in [5.41, 5.74) is 0. The van der Waals surface area contributed by atoms with Crippen LogP contribution in [0.5, 0.6) is 0 Å². The van der Waals surface area contributed by atoms with Crippen LogP contribution in [-0.4, -0.2) is 17.5 Å². The third-order valence-corrected chi connectivity index (χ3v) is 2.92. The van der Waals surface area contributed by atoms with Gasteiger partial charge in [-0.05, 0) is 31.6 Å². The molecule has 2 heteroatoms. The second kappa shape index (κ2) is 3.35. The van der Waals surface area contributed by atoms with Crippen molar-refractivity contribution < 1.29 is 9.84 Å². The molecule has 2 fully saturated rings. The predicted molar refractivity (Wildman–Crippen MR) is 46.7 cm³/mol. The van der Waals surface area contributed by atoms with Crippen molar-refractivity contribution in [2.24, 2.45) is 5.92 Å². The fourth-order valence-corrected chi connectivity index (χ4v) is 1.81. The van der Waals surface area contributed by atoms with Gasteiger partial charge in [-0.2, -0.15) is 0 Å². The number of aliphatic hydroxyl groups is 1. The highest BCUT2D eigenvalue weighted by atomic mass is 16.6. The third-order valence-electron chi connectivity index (χ3n) is 2.92. The zero-order valence-electron chi connectivity index (χ0n) is 7.59. The Balaban J connectivity index is 1.73. The van der Waals surface area contributed by atoms with Crippen LogP contribution in [0.25, 0.3) is 0 Å². The van der Waals surface area contributed by atoms with Gasteiger partial charge >= 0.3 is 0 Å². The van der Waals surface area contributed by atoms with E-state index in [1.807, 2.05) is 0 Å². The summed E-state index contributed by atoms with van der Waals surface area (Å²) in [6, 6.07) is 0. The Labute approximate surface area is 73.9 Å². The highest BCUT2D eigenvalue weighted by Crippen LogP contribution is 2.34. The Morgan fingerprint density at radius 3 is 2.42 bits per heavy atom. The summed E-state index contributed by atoms with van der Waals surface area (Å²) < 4.78 is 5.55. The molecule has 0 aromatic carbocycles. The molecular weight excluding hydrogens is 152 g/mol. The predicted octanol–water partition coefficient (Wildman–Crippen LogP) is 2.07. The molecule has 0 unspecified atom stereocenters. The molecule has 0 radical (unpaired) electrons. The molecule has 1 N–H and O–H groups in total. The quantitative estimate of drug-likeness (QED) is 0.657. The van der Waals surface area contributed by atoms with Crippen LogP contribution in [0.1, 0.15) is 44.9 Å². The topological polar surface area (TPSA) is 29.5 Å². The minimum Gasteiger partial charge on any atom is -0.365 e. The first-order chi connectivity index (χ1) is 5.79. The van der Waals surface area contributed by atoms with Crippen molar-refractivity contribution in [1.82, 2.24) is 0 Å². The van der Waals surface area contributed by atoms with Gasteiger partial charge in [0.15, 0.2) is 5.79 Å². The van der Waals surface area contributed by atoms with Crippen LogP contribution >= 0.6 is 0 Å². The molecule has 2 aliphatic rings. The van der Waals surface area contributed by atoms with E-state index in [9.17, 15) is 5.11 Å². The maximum absolute atomic E-state index is 9.93. The van der Waals surface area contributed by atoms with Gasteiger partial charge in [0.2, 0.25) is 0 Å². The van der Waals surface area contributed by atoms with Crippen LogP contribution in [-0.2, 0) is 4.74 Å². The van der Waals surface area contributed by atoms with Crippen LogP contribution < -0.4 is 0 Å². The fourth-order valence-electron chi connectivity index (χ4n) is 1.81. The van der Waals surface area contributed by atoms with E-state index in [4.69, 9.17) is 4.74 Å². The zero-order chi connectivity index (χ0) is 8.44. The molecule has 12 heavy (non-hydrogen) atoms. The van der Waals surface area contributed by atoms with Crippen molar-refractivity contribution in [2.75, 3.05) is 6.61 Å². The van der Waals surface area contributed by atoms with Crippen molar-refractivity contribution in [1.29, 1.82) is 0 Å². The monoisotopic (exact) mass is 170 g/mol. The summed E-state index contributed by atoms with van der Waals surface area (Å²) >= 11 is 0. The lowest BCUT2D eigenvalue weighted by molar-refractivity contribution is -0.222. The largest absolute Gasteiger partial charge is 0.365 e. The Morgan fingerprint density at radius 1 is 1.17 bits per heavy atom. The molecule has 0 heterocycles. The maximum Gasteiger partial charge on any atom is 0.165 e. The molecule has 0 atom stereocenters. The molecule has 0 aromatic heterocycles. The number of hydrogen-bond donors (Lipinski definition) is 1. The molecule has 0 saturated heterocycles. The maximum atomic E-state index is 9.93. The average Bonchev–Trinajstić information content (AvgIpc) is 2.85. The van der Waals surface area contributed by atoms with Gasteiger partial charge in [-0.15, -0.1) is 0 Å². The standard InChI is InChI=1S/C10H18O2/c11-10(6-2-1-3-7-10)12-8-9-4-5-9/h9,11H,1-8H2. The van der Waals surface area contributed by atoms with Crippen LogP contribution in [0.15, 0.2) is 0 Å². The van der Waals surface area contributed by atoms with E-state index in [-0.39, 0.29) is 0 Å². The molecule has 0 aliphatic heterocycles. The van der Waals surface area contributed by atoms with Gasteiger partial charge in [0, 0.05) is 12.8 Å². The summed E-state index contributed by atoms with van der Waals surface area (Å²) in [5.74, 6) is 0.0110. The molecule has 0 aromatic rings. The molecule has 2 nitrogen and oxygen atoms in total. The summed E-state index contributed by atoms with van der Waals surface area (Å²) in [6.45, 7) is 0.788. The summed E-state index contributed by atoms with van der Waals surface area (Å²) in [6.07, 6.45) is 7.81. The molecule has 2 rings (SSSR count). The van der Waals surface area contributed by atoms with E-state index >= 15 is 0 Å². The summed E-state index contributed by atoms with van der Waals surface area (Å²) in [4.78, 5) is 0. The molecule has 0 bridgehead atoms. The second-order valence-corrected chi connectivity index (χ2v) is 4.26. The van der Waals surface area contributed by atoms with Gasteiger partial charge in [0.25, 0.3) is 0 Å². The minimum atomic E-state index is -0.749. The zero-order valence-corrected chi connectivity index (χ0v) is 7.59. The number of ether oxygens (including phenoxy) is 1. The normalized spacial score (nSPS) is 28.8. The van der Waals surface area contributed by atoms with Crippen LogP contribution in [0.2, 0.25) is 0 Å². The Kier molecular flexibility index (Phi) is 2.37. The Morgan fingerprint density at radius 2 is 1.83 bits per heavy atom. The van der Waals surface area contributed by atoms with Gasteiger partial charge < -0.3 is 9.84 Å². The molecule has 0 amide bonds. The fraction of sp³-hybridized carbons (Fsp3) is 1.00. The van der Waals surface area contributed by atoms with Crippen molar-refractivity contribution in [3.63, 3.8) is 0 Å². The molecule has 2 saturated carbocycles. The Bertz CT molecular complexity index is 146. The lowest BCUT2D eigenvalue weighted by Crippen LogP contribution is -2.35. The van der Waals surface area contributed by atoms with Crippen molar-refractivity contribution in [2.45, 2.75) is 50.7 Å². The molecule has 0 spiro atoms. The first-order valence-electron chi connectivity index (χ1n) is 5.15. The minimum absolute atomic E-state index is 0.749. The smallest absolute Gasteiger partial charge is 0.165 e. The lowest BCUT2D eigenvalue weighted by atomic mass is 9.94. The van der Waals surface area contributed by atoms with E-state index in [1.165, 1.54) is 19.3 Å². The van der Waals surface area contributed by atoms with Crippen molar-refractivity contribution in [3.8, 4) is 0 Å². The third kappa shape index (κ3) is 2.20. The molecule has 70 valence electrons. The van der Waals surface area contributed by atoms with Crippen molar-refractivity contribution >= 4 is 0 Å². The van der Waals surface area contributed by atoms with Gasteiger partial charge in [-0.25, -0.2) is 0 Å². The number of hydrogen-bond acceptors (Lipinski definition) is 2. The Hall–Kier alpha value is -0.0800. The van der Waals surface area contributed by atoms with E-state index < -0.39 is 5.79 Å².